The van der Waals surface area contributed by atoms with Gasteiger partial charge in [0.1, 0.15) is 0 Å². The fourth-order valence-electron chi connectivity index (χ4n) is 2.67. The first-order valence-electron chi connectivity index (χ1n) is 6.30. The summed E-state index contributed by atoms with van der Waals surface area (Å²) < 4.78 is 5.46. The molecule has 0 saturated carbocycles. The third-order valence-electron chi connectivity index (χ3n) is 3.77. The number of ether oxygens (including phenoxy) is 1. The lowest BCUT2D eigenvalue weighted by Crippen LogP contribution is -2.57. The van der Waals surface area contributed by atoms with Crippen molar-refractivity contribution in [1.29, 1.82) is 0 Å². The van der Waals surface area contributed by atoms with Crippen LogP contribution in [0.2, 0.25) is 0 Å². The molecular formula is C13H19N3O. The number of nitrogens with zero attached hydrogens (tertiary/aromatic N) is 2. The number of hydrogen-bond acceptors (Lipinski definition) is 4. The van der Waals surface area contributed by atoms with Gasteiger partial charge in [0.05, 0.1) is 18.6 Å². The summed E-state index contributed by atoms with van der Waals surface area (Å²) in [6.45, 7) is 7.25. The minimum absolute atomic E-state index is 0.186. The van der Waals surface area contributed by atoms with Crippen molar-refractivity contribution in [1.82, 2.24) is 15.2 Å². The zero-order valence-corrected chi connectivity index (χ0v) is 10.1. The minimum atomic E-state index is 0.186. The largest absolute Gasteiger partial charge is 0.379 e. The zero-order chi connectivity index (χ0) is 11.6. The smallest absolute Gasteiger partial charge is 0.0598 e. The molecule has 3 rings (SSSR count). The highest BCUT2D eigenvalue weighted by molar-refractivity contribution is 5.25. The van der Waals surface area contributed by atoms with Crippen LogP contribution < -0.4 is 5.32 Å². The molecule has 1 N–H and O–H groups in total. The second kappa shape index (κ2) is 4.72. The second-order valence-corrected chi connectivity index (χ2v) is 5.04. The predicted octanol–water partition coefficient (Wildman–Crippen LogP) is 0.255. The first kappa shape index (κ1) is 11.1. The summed E-state index contributed by atoms with van der Waals surface area (Å²) in [6, 6.07) is 4.20. The molecule has 1 aromatic heterocycles. The third-order valence-corrected chi connectivity index (χ3v) is 3.77. The van der Waals surface area contributed by atoms with Crippen molar-refractivity contribution in [2.75, 3.05) is 45.9 Å². The van der Waals surface area contributed by atoms with Crippen molar-refractivity contribution in [3.63, 3.8) is 0 Å². The average Bonchev–Trinajstić information content (AvgIpc) is 2.36. The molecule has 2 fully saturated rings. The molecule has 2 saturated heterocycles. The van der Waals surface area contributed by atoms with E-state index in [0.717, 1.165) is 45.9 Å². The highest BCUT2D eigenvalue weighted by atomic mass is 16.5. The van der Waals surface area contributed by atoms with Crippen LogP contribution in [0.5, 0.6) is 0 Å². The van der Waals surface area contributed by atoms with Crippen LogP contribution in [0.3, 0.4) is 0 Å². The Balaban J connectivity index is 1.73. The van der Waals surface area contributed by atoms with Gasteiger partial charge >= 0.3 is 0 Å². The van der Waals surface area contributed by atoms with Crippen LogP contribution in [0.25, 0.3) is 0 Å². The van der Waals surface area contributed by atoms with E-state index in [9.17, 15) is 0 Å². The minimum Gasteiger partial charge on any atom is -0.379 e. The van der Waals surface area contributed by atoms with Gasteiger partial charge in [-0.2, -0.15) is 0 Å². The van der Waals surface area contributed by atoms with Crippen LogP contribution in [0, 0.1) is 0 Å². The van der Waals surface area contributed by atoms with E-state index < -0.39 is 0 Å². The fraction of sp³-hybridized carbons (Fsp3) is 0.615. The van der Waals surface area contributed by atoms with Gasteiger partial charge in [0, 0.05) is 45.1 Å². The Hall–Kier alpha value is -0.970. The van der Waals surface area contributed by atoms with E-state index in [1.165, 1.54) is 5.56 Å². The normalized spacial score (nSPS) is 24.2. The molecule has 0 radical (unpaired) electrons. The number of rotatable bonds is 3. The molecule has 0 aliphatic carbocycles. The van der Waals surface area contributed by atoms with Crippen molar-refractivity contribution in [3.8, 4) is 0 Å². The van der Waals surface area contributed by atoms with E-state index in [1.54, 1.807) is 0 Å². The van der Waals surface area contributed by atoms with Crippen molar-refractivity contribution in [2.24, 2.45) is 0 Å². The summed E-state index contributed by atoms with van der Waals surface area (Å²) in [5.74, 6) is 0. The number of aromatic nitrogens is 1. The maximum atomic E-state index is 5.46. The molecule has 0 bridgehead atoms. The lowest BCUT2D eigenvalue weighted by molar-refractivity contribution is -0.0757. The van der Waals surface area contributed by atoms with Gasteiger partial charge in [-0.1, -0.05) is 6.07 Å². The monoisotopic (exact) mass is 233 g/mol. The summed E-state index contributed by atoms with van der Waals surface area (Å²) in [5.41, 5.74) is 1.51. The van der Waals surface area contributed by atoms with Crippen molar-refractivity contribution >= 4 is 0 Å². The first-order valence-corrected chi connectivity index (χ1v) is 6.30. The van der Waals surface area contributed by atoms with E-state index in [0.29, 0.717) is 0 Å². The molecule has 17 heavy (non-hydrogen) atoms. The summed E-state index contributed by atoms with van der Waals surface area (Å²) in [7, 11) is 0. The Labute approximate surface area is 102 Å². The SMILES string of the molecule is c1cncc(C2(CN3CCNCC3)COC2)c1. The fourth-order valence-corrected chi connectivity index (χ4v) is 2.67. The quantitative estimate of drug-likeness (QED) is 0.812. The van der Waals surface area contributed by atoms with E-state index >= 15 is 0 Å². The van der Waals surface area contributed by atoms with E-state index in [4.69, 9.17) is 4.74 Å². The molecule has 0 atom stereocenters. The molecule has 3 heterocycles. The van der Waals surface area contributed by atoms with Gasteiger partial charge in [-0.15, -0.1) is 0 Å². The Morgan fingerprint density at radius 3 is 2.76 bits per heavy atom. The van der Waals surface area contributed by atoms with Gasteiger partial charge in [0.15, 0.2) is 0 Å². The molecule has 0 spiro atoms. The maximum Gasteiger partial charge on any atom is 0.0598 e. The van der Waals surface area contributed by atoms with Crippen molar-refractivity contribution < 1.29 is 4.74 Å². The lowest BCUT2D eigenvalue weighted by atomic mass is 9.79. The Kier molecular flexibility index (Phi) is 3.09. The number of piperazine rings is 1. The third kappa shape index (κ3) is 2.20. The van der Waals surface area contributed by atoms with E-state index in [-0.39, 0.29) is 5.41 Å². The molecule has 2 aliphatic heterocycles. The van der Waals surface area contributed by atoms with E-state index in [1.807, 2.05) is 18.5 Å². The molecule has 1 aromatic rings. The molecule has 4 heteroatoms. The maximum absolute atomic E-state index is 5.46. The highest BCUT2D eigenvalue weighted by Gasteiger charge is 2.42. The van der Waals surface area contributed by atoms with Gasteiger partial charge in [0.25, 0.3) is 0 Å². The second-order valence-electron chi connectivity index (χ2n) is 5.04. The molecule has 2 aliphatic rings. The van der Waals surface area contributed by atoms with Crippen molar-refractivity contribution in [2.45, 2.75) is 5.41 Å². The van der Waals surface area contributed by atoms with Gasteiger partial charge in [0.2, 0.25) is 0 Å². The molecule has 0 unspecified atom stereocenters. The van der Waals surface area contributed by atoms with Crippen LogP contribution in [-0.4, -0.2) is 55.8 Å². The summed E-state index contributed by atoms with van der Waals surface area (Å²) in [4.78, 5) is 6.77. The van der Waals surface area contributed by atoms with Crippen LogP contribution in [0.15, 0.2) is 24.5 Å². The van der Waals surface area contributed by atoms with Crippen LogP contribution >= 0.6 is 0 Å². The number of nitrogens with one attached hydrogen (secondary N) is 1. The molecule has 4 nitrogen and oxygen atoms in total. The molecule has 0 amide bonds. The Bertz CT molecular complexity index is 358. The summed E-state index contributed by atoms with van der Waals surface area (Å²) in [6.07, 6.45) is 3.83. The first-order chi connectivity index (χ1) is 8.39. The van der Waals surface area contributed by atoms with Crippen LogP contribution in [-0.2, 0) is 10.2 Å². The zero-order valence-electron chi connectivity index (χ0n) is 10.1. The van der Waals surface area contributed by atoms with E-state index in [2.05, 4.69) is 21.3 Å². The molecular weight excluding hydrogens is 214 g/mol. The topological polar surface area (TPSA) is 37.4 Å². The van der Waals surface area contributed by atoms with Gasteiger partial charge in [-0.25, -0.2) is 0 Å². The molecule has 0 aromatic carbocycles. The number of pyridine rings is 1. The summed E-state index contributed by atoms with van der Waals surface area (Å²) >= 11 is 0. The average molecular weight is 233 g/mol. The standard InChI is InChI=1S/C13H19N3O/c1-2-12(8-15-3-1)13(10-17-11-13)9-16-6-4-14-5-7-16/h1-3,8,14H,4-7,9-11H2. The van der Waals surface area contributed by atoms with Gasteiger partial charge < -0.3 is 10.1 Å². The highest BCUT2D eigenvalue weighted by Crippen LogP contribution is 2.32. The van der Waals surface area contributed by atoms with Crippen molar-refractivity contribution in [3.05, 3.63) is 30.1 Å². The van der Waals surface area contributed by atoms with Gasteiger partial charge in [-0.3, -0.25) is 9.88 Å². The number of hydrogen-bond donors (Lipinski definition) is 1. The Morgan fingerprint density at radius 1 is 1.35 bits per heavy atom. The molecule has 92 valence electrons. The lowest BCUT2D eigenvalue weighted by Gasteiger charge is -2.45. The van der Waals surface area contributed by atoms with Gasteiger partial charge in [-0.05, 0) is 11.6 Å². The van der Waals surface area contributed by atoms with Crippen LogP contribution in [0.4, 0.5) is 0 Å². The van der Waals surface area contributed by atoms with Crippen LogP contribution in [0.1, 0.15) is 5.56 Å². The predicted molar refractivity (Wildman–Crippen MR) is 66.0 cm³/mol. The Morgan fingerprint density at radius 2 is 2.18 bits per heavy atom. The summed E-state index contributed by atoms with van der Waals surface area (Å²) in [5, 5.41) is 3.39.